The molecule has 1 saturated heterocycles. The number of rotatable bonds is 8. The maximum atomic E-state index is 13.8. The number of nitrogens with zero attached hydrogens (tertiary/aromatic N) is 2. The number of amides is 3. The molecule has 9 nitrogen and oxygen atoms in total. The molecule has 1 heterocycles. The van der Waals surface area contributed by atoms with Gasteiger partial charge in [-0.05, 0) is 65.2 Å². The van der Waals surface area contributed by atoms with Gasteiger partial charge in [-0.1, -0.05) is 40.7 Å². The van der Waals surface area contributed by atoms with Crippen LogP contribution in [0.2, 0.25) is 0 Å². The van der Waals surface area contributed by atoms with E-state index < -0.39 is 35.2 Å². The number of likely N-dealkylation sites (N-methyl/N-ethyl adjacent to an activating group) is 1. The fraction of sp³-hybridized carbons (Fsp3) is 0.786. The monoisotopic (exact) mass is 523 g/mol. The van der Waals surface area contributed by atoms with Crippen LogP contribution in [0.25, 0.3) is 0 Å². The summed E-state index contributed by atoms with van der Waals surface area (Å²) in [6.45, 7) is 19.1. The zero-order valence-corrected chi connectivity index (χ0v) is 24.8. The molecule has 37 heavy (non-hydrogen) atoms. The predicted molar refractivity (Wildman–Crippen MR) is 144 cm³/mol. The quantitative estimate of drug-likeness (QED) is 0.376. The Morgan fingerprint density at radius 1 is 1.08 bits per heavy atom. The molecule has 0 aliphatic carbocycles. The zero-order valence-electron chi connectivity index (χ0n) is 24.8. The minimum Gasteiger partial charge on any atom is -0.463 e. The summed E-state index contributed by atoms with van der Waals surface area (Å²) in [6, 6.07) is -1.94. The van der Waals surface area contributed by atoms with Gasteiger partial charge in [-0.25, -0.2) is 9.59 Å². The Morgan fingerprint density at radius 2 is 1.68 bits per heavy atom. The van der Waals surface area contributed by atoms with Gasteiger partial charge in [0.2, 0.25) is 11.8 Å². The van der Waals surface area contributed by atoms with Crippen LogP contribution >= 0.6 is 0 Å². The maximum absolute atomic E-state index is 13.8. The predicted octanol–water partition coefficient (Wildman–Crippen LogP) is 4.30. The molecule has 0 aromatic carbocycles. The fourth-order valence-corrected chi connectivity index (χ4v) is 4.30. The van der Waals surface area contributed by atoms with Crippen LogP contribution in [0.1, 0.15) is 88.5 Å². The first kappa shape index (κ1) is 32.4. The number of likely N-dealkylation sites (tertiary alicyclic amines) is 1. The van der Waals surface area contributed by atoms with E-state index in [4.69, 9.17) is 9.47 Å². The van der Waals surface area contributed by atoms with E-state index in [2.05, 4.69) is 5.32 Å². The first-order valence-corrected chi connectivity index (χ1v) is 13.3. The van der Waals surface area contributed by atoms with E-state index in [0.29, 0.717) is 18.5 Å². The van der Waals surface area contributed by atoms with Crippen molar-refractivity contribution in [2.24, 2.45) is 11.3 Å². The summed E-state index contributed by atoms with van der Waals surface area (Å²) in [5.41, 5.74) is -0.858. The minimum absolute atomic E-state index is 0.00986. The molecular weight excluding hydrogens is 474 g/mol. The standard InChI is InChI=1S/C28H49N3O6/c1-12-36-25(34)19(4)17-21(18(2)3)30(11)24(33)22(27(5,6)7)29-23(32)20-15-13-14-16-31(20)26(35)37-28(8,9)10/h17-18,20-22H,12-16H2,1-11H3,(H,29,32)/b19-17+/t20?,21-,22-/m1/s1. The van der Waals surface area contributed by atoms with E-state index in [-0.39, 0.29) is 30.4 Å². The highest BCUT2D eigenvalue weighted by Crippen LogP contribution is 2.26. The molecule has 3 atom stereocenters. The van der Waals surface area contributed by atoms with Gasteiger partial charge in [0.25, 0.3) is 0 Å². The molecule has 0 radical (unpaired) electrons. The molecule has 9 heteroatoms. The highest BCUT2D eigenvalue weighted by Gasteiger charge is 2.41. The lowest BCUT2D eigenvalue weighted by molar-refractivity contribution is -0.142. The number of carbonyl (C=O) groups is 4. The van der Waals surface area contributed by atoms with E-state index in [0.717, 1.165) is 12.8 Å². The number of esters is 1. The van der Waals surface area contributed by atoms with Crippen molar-refractivity contribution < 1.29 is 28.7 Å². The van der Waals surface area contributed by atoms with Gasteiger partial charge in [0.15, 0.2) is 0 Å². The van der Waals surface area contributed by atoms with Crippen molar-refractivity contribution in [2.75, 3.05) is 20.2 Å². The van der Waals surface area contributed by atoms with Gasteiger partial charge in [-0.2, -0.15) is 0 Å². The largest absolute Gasteiger partial charge is 0.463 e. The smallest absolute Gasteiger partial charge is 0.410 e. The lowest BCUT2D eigenvalue weighted by atomic mass is 9.84. The van der Waals surface area contributed by atoms with E-state index in [9.17, 15) is 19.2 Å². The van der Waals surface area contributed by atoms with Gasteiger partial charge in [0.05, 0.1) is 12.6 Å². The Morgan fingerprint density at radius 3 is 2.16 bits per heavy atom. The van der Waals surface area contributed by atoms with Crippen LogP contribution in [0.15, 0.2) is 11.6 Å². The van der Waals surface area contributed by atoms with Crippen LogP contribution in [-0.4, -0.2) is 77.6 Å². The molecule has 0 spiro atoms. The average molecular weight is 524 g/mol. The highest BCUT2D eigenvalue weighted by atomic mass is 16.6. The third kappa shape index (κ3) is 9.67. The van der Waals surface area contributed by atoms with Gasteiger partial charge < -0.3 is 19.7 Å². The number of hydrogen-bond acceptors (Lipinski definition) is 6. The van der Waals surface area contributed by atoms with Crippen LogP contribution in [0.3, 0.4) is 0 Å². The Hall–Kier alpha value is -2.58. The van der Waals surface area contributed by atoms with Crippen LogP contribution in [0.5, 0.6) is 0 Å². The normalized spacial score (nSPS) is 18.6. The summed E-state index contributed by atoms with van der Waals surface area (Å²) in [5, 5.41) is 2.95. The van der Waals surface area contributed by atoms with Crippen molar-refractivity contribution >= 4 is 23.9 Å². The third-order valence-corrected chi connectivity index (χ3v) is 6.33. The summed E-state index contributed by atoms with van der Waals surface area (Å²) in [7, 11) is 1.68. The van der Waals surface area contributed by atoms with Crippen LogP contribution in [0, 0.1) is 11.3 Å². The molecule has 1 fully saturated rings. The minimum atomic E-state index is -0.843. The molecule has 0 aromatic rings. The molecule has 212 valence electrons. The summed E-state index contributed by atoms with van der Waals surface area (Å²) in [6.07, 6.45) is 3.31. The van der Waals surface area contributed by atoms with E-state index in [1.54, 1.807) is 52.6 Å². The van der Waals surface area contributed by atoms with Crippen molar-refractivity contribution in [3.8, 4) is 0 Å². The lowest BCUT2D eigenvalue weighted by Gasteiger charge is -2.40. The summed E-state index contributed by atoms with van der Waals surface area (Å²) in [5.74, 6) is -1.05. The van der Waals surface area contributed by atoms with Gasteiger partial charge >= 0.3 is 12.1 Å². The third-order valence-electron chi connectivity index (χ3n) is 6.33. The van der Waals surface area contributed by atoms with Crippen LogP contribution in [-0.2, 0) is 23.9 Å². The zero-order chi connectivity index (χ0) is 28.7. The first-order chi connectivity index (χ1) is 16.9. The number of carbonyl (C=O) groups excluding carboxylic acids is 4. The molecular formula is C28H49N3O6. The molecule has 1 rings (SSSR count). The van der Waals surface area contributed by atoms with E-state index in [1.807, 2.05) is 34.6 Å². The lowest BCUT2D eigenvalue weighted by Crippen LogP contribution is -2.60. The molecule has 1 N–H and O–H groups in total. The Kier molecular flexibility index (Phi) is 11.7. The fourth-order valence-electron chi connectivity index (χ4n) is 4.30. The van der Waals surface area contributed by atoms with Gasteiger partial charge in [0, 0.05) is 19.2 Å². The molecule has 0 aromatic heterocycles. The number of nitrogens with one attached hydrogen (secondary N) is 1. The van der Waals surface area contributed by atoms with E-state index >= 15 is 0 Å². The Balaban J connectivity index is 3.20. The molecule has 0 bridgehead atoms. The van der Waals surface area contributed by atoms with Crippen molar-refractivity contribution in [2.45, 2.75) is 112 Å². The van der Waals surface area contributed by atoms with Crippen molar-refractivity contribution in [1.29, 1.82) is 0 Å². The summed E-state index contributed by atoms with van der Waals surface area (Å²) in [4.78, 5) is 55.4. The second-order valence-electron chi connectivity index (χ2n) is 12.2. The molecule has 1 aliphatic rings. The first-order valence-electron chi connectivity index (χ1n) is 13.3. The molecule has 3 amide bonds. The maximum Gasteiger partial charge on any atom is 0.410 e. The Bertz CT molecular complexity index is 853. The number of ether oxygens (including phenoxy) is 2. The topological polar surface area (TPSA) is 105 Å². The van der Waals surface area contributed by atoms with Gasteiger partial charge in [0.1, 0.15) is 17.7 Å². The van der Waals surface area contributed by atoms with Gasteiger partial charge in [-0.15, -0.1) is 0 Å². The van der Waals surface area contributed by atoms with E-state index in [1.165, 1.54) is 4.90 Å². The van der Waals surface area contributed by atoms with Crippen molar-refractivity contribution in [3.63, 3.8) is 0 Å². The highest BCUT2D eigenvalue weighted by molar-refractivity contribution is 5.92. The van der Waals surface area contributed by atoms with Crippen LogP contribution < -0.4 is 5.32 Å². The number of hydrogen-bond donors (Lipinski definition) is 1. The Labute approximate surface area is 223 Å². The average Bonchev–Trinajstić information content (AvgIpc) is 2.77. The second-order valence-corrected chi connectivity index (χ2v) is 12.2. The second kappa shape index (κ2) is 13.3. The molecule has 1 unspecified atom stereocenters. The van der Waals surface area contributed by atoms with Crippen molar-refractivity contribution in [3.05, 3.63) is 11.6 Å². The van der Waals surface area contributed by atoms with Crippen molar-refractivity contribution in [1.82, 2.24) is 15.1 Å². The molecule has 1 aliphatic heterocycles. The summed E-state index contributed by atoms with van der Waals surface area (Å²) >= 11 is 0. The number of piperidine rings is 1. The molecule has 0 saturated carbocycles. The SMILES string of the molecule is CCOC(=O)/C(C)=C/[C@H](C(C)C)N(C)C(=O)[C@@H](NC(=O)C1CCCCN1C(=O)OC(C)(C)C)C(C)(C)C. The summed E-state index contributed by atoms with van der Waals surface area (Å²) < 4.78 is 10.6. The van der Waals surface area contributed by atoms with Gasteiger partial charge in [-0.3, -0.25) is 14.5 Å². The van der Waals surface area contributed by atoms with Crippen LogP contribution in [0.4, 0.5) is 4.79 Å².